The Morgan fingerprint density at radius 3 is 1.14 bits per heavy atom. The van der Waals surface area contributed by atoms with Crippen LogP contribution in [0.3, 0.4) is 0 Å². The summed E-state index contributed by atoms with van der Waals surface area (Å²) in [4.78, 5) is 0. The molecule has 2 atom stereocenters. The molecule has 0 aromatic heterocycles. The van der Waals surface area contributed by atoms with Crippen LogP contribution < -0.4 is 10.6 Å². The minimum Gasteiger partial charge on any atom is -0.494 e. The number of anilines is 2. The number of aliphatic hydroxyl groups is 1. The SMILES string of the molecule is C.C.C=COC(C(C)Nc1ccc(CCCCCCCCCCCC)cc1)C(C)Nc1ccc(CCCCCCCCCCCC)cc1.[2H]OCC. The summed E-state index contributed by atoms with van der Waals surface area (Å²) in [5, 5.41) is 11.1. The number of aliphatic hydroxyl groups excluding tert-OH is 1. The van der Waals surface area contributed by atoms with Crippen LogP contribution in [-0.2, 0) is 17.6 Å². The van der Waals surface area contributed by atoms with Crippen LogP contribution in [0.25, 0.3) is 0 Å². The van der Waals surface area contributed by atoms with Gasteiger partial charge in [0.05, 0.1) is 18.3 Å². The molecular weight excluding hydrogens is 625 g/mol. The van der Waals surface area contributed by atoms with Gasteiger partial charge in [-0.1, -0.05) is 175 Å². The van der Waals surface area contributed by atoms with Gasteiger partial charge in [-0.25, -0.2) is 0 Å². The van der Waals surface area contributed by atoms with Crippen LogP contribution in [-0.4, -0.2) is 31.3 Å². The first-order valence-electron chi connectivity index (χ1n) is 20.9. The van der Waals surface area contributed by atoms with E-state index >= 15 is 0 Å². The Morgan fingerprint density at radius 2 is 0.863 bits per heavy atom. The van der Waals surface area contributed by atoms with Gasteiger partial charge in [0, 0.05) is 18.0 Å². The van der Waals surface area contributed by atoms with Crippen molar-refractivity contribution in [1.29, 1.82) is 1.43 Å². The van der Waals surface area contributed by atoms with E-state index in [0.29, 0.717) is 6.61 Å². The fraction of sp³-hybridized carbons (Fsp3) is 0.702. The van der Waals surface area contributed by atoms with E-state index in [-0.39, 0.29) is 33.0 Å². The second kappa shape index (κ2) is 35.9. The molecule has 51 heavy (non-hydrogen) atoms. The maximum absolute atomic E-state index is 6.03. The summed E-state index contributed by atoms with van der Waals surface area (Å²) in [6.45, 7) is 15.1. The lowest BCUT2D eigenvalue weighted by molar-refractivity contribution is 0.117. The van der Waals surface area contributed by atoms with E-state index in [1.807, 2.05) is 0 Å². The van der Waals surface area contributed by atoms with E-state index in [0.717, 1.165) is 11.4 Å². The lowest BCUT2D eigenvalue weighted by Gasteiger charge is -2.31. The molecule has 4 nitrogen and oxygen atoms in total. The van der Waals surface area contributed by atoms with Gasteiger partial charge in [0.15, 0.2) is 0 Å². The second-order valence-electron chi connectivity index (χ2n) is 14.2. The van der Waals surface area contributed by atoms with Crippen LogP contribution >= 0.6 is 0 Å². The van der Waals surface area contributed by atoms with Crippen molar-refractivity contribution in [1.82, 2.24) is 0 Å². The molecule has 0 saturated carbocycles. The molecule has 2 aromatic rings. The first-order chi connectivity index (χ1) is 24.5. The van der Waals surface area contributed by atoms with Crippen LogP contribution in [0.1, 0.15) is 189 Å². The minimum absolute atomic E-state index is 0. The summed E-state index contributed by atoms with van der Waals surface area (Å²) in [6, 6.07) is 18.2. The third-order valence-electron chi connectivity index (χ3n) is 9.57. The lowest BCUT2D eigenvalue weighted by atomic mass is 10.0. The molecule has 0 amide bonds. The van der Waals surface area contributed by atoms with E-state index in [2.05, 4.69) is 98.5 Å². The zero-order chi connectivity index (χ0) is 36.5. The van der Waals surface area contributed by atoms with Crippen molar-refractivity contribution in [2.24, 2.45) is 0 Å². The average Bonchev–Trinajstić information content (AvgIpc) is 3.13. The summed E-state index contributed by atoms with van der Waals surface area (Å²) in [7, 11) is 0. The van der Waals surface area contributed by atoms with Crippen LogP contribution in [0.4, 0.5) is 11.4 Å². The zero-order valence-corrected chi connectivity index (χ0v) is 32.7. The summed E-state index contributed by atoms with van der Waals surface area (Å²) in [5.41, 5.74) is 5.15. The van der Waals surface area contributed by atoms with Gasteiger partial charge in [0.1, 0.15) is 6.10 Å². The average molecular weight is 712 g/mol. The lowest BCUT2D eigenvalue weighted by Crippen LogP contribution is -2.43. The van der Waals surface area contributed by atoms with Crippen molar-refractivity contribution >= 4 is 11.4 Å². The van der Waals surface area contributed by atoms with Gasteiger partial charge in [-0.2, -0.15) is 0 Å². The molecule has 296 valence electrons. The highest BCUT2D eigenvalue weighted by Gasteiger charge is 2.25. The first kappa shape index (κ1) is 48.5. The number of unbranched alkanes of at least 4 members (excludes halogenated alkanes) is 18. The molecule has 0 aliphatic carbocycles. The zero-order valence-electron chi connectivity index (χ0n) is 33.7. The van der Waals surface area contributed by atoms with Crippen molar-refractivity contribution in [3.8, 4) is 0 Å². The van der Waals surface area contributed by atoms with E-state index < -0.39 is 0 Å². The van der Waals surface area contributed by atoms with Gasteiger partial charge in [0.25, 0.3) is 0 Å². The Kier molecular flexibility index (Phi) is 34.2. The standard InChI is InChI=1S/C43H72N2O.C2H6O.2CH4/c1-6-9-11-13-15-17-19-21-23-25-27-39-29-33-41(34-30-39)44-37(4)43(46-8-3)38(5)45-42-35-31-40(32-36-42)28-26-24-22-20-18-16-14-12-10-7-2;1-2-3;;/h8,29-38,43-45H,3,6-7,9-28H2,1-2,4-5H3;3H,2H2,1H3;2*1H4/i;3D;;. The number of benzene rings is 2. The number of hydrogen-bond acceptors (Lipinski definition) is 4. The molecule has 0 fully saturated rings. The molecule has 0 heterocycles. The highest BCUT2D eigenvalue weighted by atomic mass is 16.5. The molecule has 0 saturated heterocycles. The van der Waals surface area contributed by atoms with Gasteiger partial charge in [-0.05, 0) is 81.8 Å². The predicted molar refractivity (Wildman–Crippen MR) is 231 cm³/mol. The van der Waals surface area contributed by atoms with Gasteiger partial charge >= 0.3 is 0 Å². The van der Waals surface area contributed by atoms with Gasteiger partial charge < -0.3 is 20.5 Å². The van der Waals surface area contributed by atoms with Crippen LogP contribution in [0, 0.1) is 0 Å². The molecule has 0 aliphatic rings. The number of ether oxygens (including phenoxy) is 1. The molecule has 2 rings (SSSR count). The van der Waals surface area contributed by atoms with E-state index in [4.69, 9.17) is 6.17 Å². The summed E-state index contributed by atoms with van der Waals surface area (Å²) in [5.74, 6) is 0. The maximum Gasteiger partial charge on any atom is 0.210 e. The molecule has 2 unspecified atom stereocenters. The van der Waals surface area contributed by atoms with E-state index in [1.165, 1.54) is 152 Å². The Bertz CT molecular complexity index is 936. The summed E-state index contributed by atoms with van der Waals surface area (Å²) < 4.78 is 12.0. The molecule has 2 aromatic carbocycles. The van der Waals surface area contributed by atoms with Crippen LogP contribution in [0.5, 0.6) is 0 Å². The maximum atomic E-state index is 6.03. The van der Waals surface area contributed by atoms with Gasteiger partial charge in [-0.3, -0.25) is 0 Å². The quantitative estimate of drug-likeness (QED) is 0.0538. The smallest absolute Gasteiger partial charge is 0.210 e. The van der Waals surface area contributed by atoms with Crippen LogP contribution in [0.15, 0.2) is 61.4 Å². The van der Waals surface area contributed by atoms with E-state index in [9.17, 15) is 0 Å². The topological polar surface area (TPSA) is 53.5 Å². The minimum atomic E-state index is -0.0601. The van der Waals surface area contributed by atoms with Crippen molar-refractivity contribution in [2.45, 2.75) is 209 Å². The molecule has 0 spiro atoms. The monoisotopic (exact) mass is 712 g/mol. The Hall–Kier alpha value is -2.46. The fourth-order valence-corrected chi connectivity index (χ4v) is 6.64. The molecular formula is C47H86N2O2. The first-order valence-corrected chi connectivity index (χ1v) is 20.5. The fourth-order valence-electron chi connectivity index (χ4n) is 6.64. The van der Waals surface area contributed by atoms with Gasteiger partial charge in [0.2, 0.25) is 1.43 Å². The largest absolute Gasteiger partial charge is 0.494 e. The third kappa shape index (κ3) is 26.9. The summed E-state index contributed by atoms with van der Waals surface area (Å²) >= 11 is 0. The van der Waals surface area contributed by atoms with Crippen molar-refractivity contribution in [2.75, 3.05) is 17.2 Å². The van der Waals surface area contributed by atoms with E-state index in [1.54, 1.807) is 13.2 Å². The second-order valence-corrected chi connectivity index (χ2v) is 14.2. The Balaban J connectivity index is 0. The van der Waals surface area contributed by atoms with Crippen LogP contribution in [0.2, 0.25) is 0 Å². The predicted octanol–water partition coefficient (Wildman–Crippen LogP) is 14.7. The van der Waals surface area contributed by atoms with Crippen molar-refractivity contribution in [3.63, 3.8) is 0 Å². The highest BCUT2D eigenvalue weighted by molar-refractivity contribution is 5.47. The number of aryl methyl sites for hydroxylation is 2. The molecule has 0 radical (unpaired) electrons. The normalized spacial score (nSPS) is 12.5. The number of rotatable bonds is 31. The Morgan fingerprint density at radius 1 is 0.569 bits per heavy atom. The van der Waals surface area contributed by atoms with Gasteiger partial charge in [-0.15, -0.1) is 0 Å². The number of nitrogens with one attached hydrogen (secondary N) is 2. The molecule has 0 bridgehead atoms. The number of hydrogen-bond donors (Lipinski definition) is 3. The molecule has 3 N–H and O–H groups in total. The molecule has 0 aliphatic heterocycles. The van der Waals surface area contributed by atoms with Crippen molar-refractivity contribution < 1.29 is 9.85 Å². The Labute approximate surface area is 320 Å². The summed E-state index contributed by atoms with van der Waals surface area (Å²) in [6.07, 6.45) is 31.6. The third-order valence-corrected chi connectivity index (χ3v) is 9.57. The molecule has 4 heteroatoms. The highest BCUT2D eigenvalue weighted by Crippen LogP contribution is 2.20. The van der Waals surface area contributed by atoms with Crippen molar-refractivity contribution in [3.05, 3.63) is 72.5 Å².